The number of anilines is 2. The van der Waals surface area contributed by atoms with Crippen molar-refractivity contribution in [2.24, 2.45) is 0 Å². The zero-order valence-electron chi connectivity index (χ0n) is 16.3. The van der Waals surface area contributed by atoms with Gasteiger partial charge in [0.1, 0.15) is 0 Å². The molecule has 6 heteroatoms. The topological polar surface area (TPSA) is 63.1 Å². The Balaban J connectivity index is 1.94. The Bertz CT molecular complexity index is 1050. The van der Waals surface area contributed by atoms with E-state index in [0.29, 0.717) is 22.0 Å². The summed E-state index contributed by atoms with van der Waals surface area (Å²) < 4.78 is 2.01. The third kappa shape index (κ3) is 4.10. The second kappa shape index (κ2) is 7.90. The maximum Gasteiger partial charge on any atom is 0.257 e. The van der Waals surface area contributed by atoms with Crippen molar-refractivity contribution in [3.05, 3.63) is 76.1 Å². The van der Waals surface area contributed by atoms with Crippen molar-refractivity contribution in [2.45, 2.75) is 27.7 Å². The van der Waals surface area contributed by atoms with Gasteiger partial charge in [-0.1, -0.05) is 17.7 Å². The molecular weight excluding hydrogens is 374 g/mol. The van der Waals surface area contributed by atoms with Gasteiger partial charge in [0.15, 0.2) is 0 Å². The van der Waals surface area contributed by atoms with E-state index in [9.17, 15) is 9.59 Å². The lowest BCUT2D eigenvalue weighted by atomic mass is 10.1. The highest BCUT2D eigenvalue weighted by molar-refractivity contribution is 6.30. The van der Waals surface area contributed by atoms with Crippen LogP contribution in [0.3, 0.4) is 0 Å². The van der Waals surface area contributed by atoms with Crippen LogP contribution in [0.25, 0.3) is 5.69 Å². The first-order valence-corrected chi connectivity index (χ1v) is 9.28. The van der Waals surface area contributed by atoms with Gasteiger partial charge in [-0.05, 0) is 68.8 Å². The average Bonchev–Trinajstić information content (AvgIpc) is 2.92. The number of carbonyl (C=O) groups is 2. The van der Waals surface area contributed by atoms with Gasteiger partial charge in [0, 0.05) is 29.0 Å². The van der Waals surface area contributed by atoms with Gasteiger partial charge in [0.05, 0.1) is 16.9 Å². The van der Waals surface area contributed by atoms with E-state index >= 15 is 0 Å². The van der Waals surface area contributed by atoms with Crippen LogP contribution in [0.1, 0.15) is 34.2 Å². The Morgan fingerprint density at radius 2 is 1.57 bits per heavy atom. The quantitative estimate of drug-likeness (QED) is 0.632. The third-order valence-electron chi connectivity index (χ3n) is 4.49. The number of aromatic nitrogens is 1. The molecule has 28 heavy (non-hydrogen) atoms. The molecule has 144 valence electrons. The SMILES string of the molecule is CC(=O)Nc1ccc(C)cc1NC(=O)c1cc(C)n(-c2ccc(Cl)cc2)c1C. The molecule has 1 heterocycles. The van der Waals surface area contributed by atoms with Crippen molar-refractivity contribution in [1.29, 1.82) is 0 Å². The van der Waals surface area contributed by atoms with Gasteiger partial charge in [-0.3, -0.25) is 9.59 Å². The minimum absolute atomic E-state index is 0.194. The summed E-state index contributed by atoms with van der Waals surface area (Å²) in [5, 5.41) is 6.34. The molecule has 3 aromatic rings. The molecule has 0 radical (unpaired) electrons. The molecule has 3 rings (SSSR count). The summed E-state index contributed by atoms with van der Waals surface area (Å²) in [5.74, 6) is -0.425. The molecule has 2 N–H and O–H groups in total. The Labute approximate surface area is 169 Å². The molecule has 0 atom stereocenters. The molecule has 0 aliphatic rings. The van der Waals surface area contributed by atoms with Crippen LogP contribution in [0.4, 0.5) is 11.4 Å². The van der Waals surface area contributed by atoms with E-state index in [1.807, 2.05) is 67.8 Å². The fourth-order valence-corrected chi connectivity index (χ4v) is 3.36. The number of amides is 2. The lowest BCUT2D eigenvalue weighted by Gasteiger charge is -2.13. The van der Waals surface area contributed by atoms with Crippen molar-refractivity contribution >= 4 is 34.8 Å². The number of nitrogens with one attached hydrogen (secondary N) is 2. The summed E-state index contributed by atoms with van der Waals surface area (Å²) in [6.07, 6.45) is 0. The maximum absolute atomic E-state index is 13.0. The first kappa shape index (κ1) is 19.7. The summed E-state index contributed by atoms with van der Waals surface area (Å²) in [6.45, 7) is 7.22. The summed E-state index contributed by atoms with van der Waals surface area (Å²) in [7, 11) is 0. The normalized spacial score (nSPS) is 10.6. The predicted molar refractivity (Wildman–Crippen MR) is 114 cm³/mol. The molecule has 2 aromatic carbocycles. The van der Waals surface area contributed by atoms with Crippen molar-refractivity contribution in [3.63, 3.8) is 0 Å². The predicted octanol–water partition coefficient (Wildman–Crippen LogP) is 5.27. The summed E-state index contributed by atoms with van der Waals surface area (Å²) >= 11 is 5.98. The van der Waals surface area contributed by atoms with Gasteiger partial charge in [-0.25, -0.2) is 0 Å². The van der Waals surface area contributed by atoms with Gasteiger partial charge < -0.3 is 15.2 Å². The Hall–Kier alpha value is -3.05. The molecule has 0 aliphatic carbocycles. The highest BCUT2D eigenvalue weighted by Crippen LogP contribution is 2.26. The number of carbonyl (C=O) groups excluding carboxylic acids is 2. The fourth-order valence-electron chi connectivity index (χ4n) is 3.23. The third-order valence-corrected chi connectivity index (χ3v) is 4.75. The molecule has 0 unspecified atom stereocenters. The lowest BCUT2D eigenvalue weighted by Crippen LogP contribution is -2.16. The standard InChI is InChI=1S/C22H22ClN3O2/c1-13-5-10-20(24-16(4)27)21(11-13)25-22(28)19-12-14(2)26(15(19)3)18-8-6-17(23)7-9-18/h5-12H,1-4H3,(H,24,27)(H,25,28). The van der Waals surface area contributed by atoms with Crippen LogP contribution in [0.5, 0.6) is 0 Å². The van der Waals surface area contributed by atoms with Crippen LogP contribution in [-0.2, 0) is 4.79 Å². The zero-order chi connectivity index (χ0) is 20.4. The Morgan fingerprint density at radius 1 is 0.893 bits per heavy atom. The van der Waals surface area contributed by atoms with Gasteiger partial charge in [0.2, 0.25) is 5.91 Å². The van der Waals surface area contributed by atoms with Crippen molar-refractivity contribution in [2.75, 3.05) is 10.6 Å². The second-order valence-corrected chi connectivity index (χ2v) is 7.22. The summed E-state index contributed by atoms with van der Waals surface area (Å²) in [4.78, 5) is 24.4. The molecule has 1 aromatic heterocycles. The second-order valence-electron chi connectivity index (χ2n) is 6.78. The minimum atomic E-state index is -0.231. The maximum atomic E-state index is 13.0. The lowest BCUT2D eigenvalue weighted by molar-refractivity contribution is -0.114. The van der Waals surface area contributed by atoms with E-state index in [1.54, 1.807) is 6.07 Å². The van der Waals surface area contributed by atoms with Crippen LogP contribution >= 0.6 is 11.6 Å². The summed E-state index contributed by atoms with van der Waals surface area (Å²) in [6, 6.07) is 14.8. The molecule has 0 saturated carbocycles. The first-order valence-electron chi connectivity index (χ1n) is 8.90. The van der Waals surface area contributed by atoms with E-state index < -0.39 is 0 Å². The highest BCUT2D eigenvalue weighted by atomic mass is 35.5. The Kier molecular flexibility index (Phi) is 5.56. The van der Waals surface area contributed by atoms with Crippen LogP contribution in [-0.4, -0.2) is 16.4 Å². The number of aryl methyl sites for hydroxylation is 2. The van der Waals surface area contributed by atoms with Gasteiger partial charge >= 0.3 is 0 Å². The van der Waals surface area contributed by atoms with Crippen LogP contribution in [0.15, 0.2) is 48.5 Å². The molecule has 5 nitrogen and oxygen atoms in total. The molecule has 2 amide bonds. The molecular formula is C22H22ClN3O2. The van der Waals surface area contributed by atoms with E-state index in [-0.39, 0.29) is 11.8 Å². The number of hydrogen-bond donors (Lipinski definition) is 2. The molecule has 0 bridgehead atoms. The van der Waals surface area contributed by atoms with Crippen molar-refractivity contribution in [1.82, 2.24) is 4.57 Å². The Morgan fingerprint density at radius 3 is 2.21 bits per heavy atom. The molecule has 0 spiro atoms. The van der Waals surface area contributed by atoms with E-state index in [2.05, 4.69) is 10.6 Å². The number of rotatable bonds is 4. The van der Waals surface area contributed by atoms with Gasteiger partial charge in [-0.15, -0.1) is 0 Å². The van der Waals surface area contributed by atoms with Crippen molar-refractivity contribution in [3.8, 4) is 5.69 Å². The number of halogens is 1. The average molecular weight is 396 g/mol. The number of nitrogens with zero attached hydrogens (tertiary/aromatic N) is 1. The number of benzene rings is 2. The molecule has 0 fully saturated rings. The van der Waals surface area contributed by atoms with Gasteiger partial charge in [0.25, 0.3) is 5.91 Å². The van der Waals surface area contributed by atoms with E-state index in [1.165, 1.54) is 6.92 Å². The smallest absolute Gasteiger partial charge is 0.257 e. The van der Waals surface area contributed by atoms with Crippen molar-refractivity contribution < 1.29 is 9.59 Å². The van der Waals surface area contributed by atoms with Gasteiger partial charge in [-0.2, -0.15) is 0 Å². The monoisotopic (exact) mass is 395 g/mol. The van der Waals surface area contributed by atoms with E-state index in [4.69, 9.17) is 11.6 Å². The first-order chi connectivity index (χ1) is 13.3. The molecule has 0 saturated heterocycles. The molecule has 0 aliphatic heterocycles. The zero-order valence-corrected chi connectivity index (χ0v) is 17.0. The number of hydrogen-bond acceptors (Lipinski definition) is 2. The van der Waals surface area contributed by atoms with E-state index in [0.717, 1.165) is 22.6 Å². The van der Waals surface area contributed by atoms with Crippen LogP contribution in [0, 0.1) is 20.8 Å². The van der Waals surface area contributed by atoms with Crippen LogP contribution < -0.4 is 10.6 Å². The minimum Gasteiger partial charge on any atom is -0.325 e. The largest absolute Gasteiger partial charge is 0.325 e. The van der Waals surface area contributed by atoms with Crippen LogP contribution in [0.2, 0.25) is 5.02 Å². The highest BCUT2D eigenvalue weighted by Gasteiger charge is 2.18. The fraction of sp³-hybridized carbons (Fsp3) is 0.182. The summed E-state index contributed by atoms with van der Waals surface area (Å²) in [5.41, 5.74) is 5.39.